The third kappa shape index (κ3) is 25.9. The smallest absolute Gasteiger partial charge is 0.220 e. The van der Waals surface area contributed by atoms with E-state index in [9.17, 15) is 45.6 Å². The zero-order valence-electron chi connectivity index (χ0n) is 41.2. The molecule has 12 unspecified atom stereocenters. The standard InChI is InChI=1S/C52H97NO13/c1-3-5-7-9-11-13-15-17-19-20-21-22-23-25-27-29-31-33-35-41(56)40(53-44(57)36-34-32-30-28-26-24-18-16-14-12-10-8-6-4-2)39-63-51-49(62)47(60)50(43(38-55)65-51)66-52-48(61)46(59)45(58)42(37-54)64-52/h25,27,33,35,40-43,45-52,54-56,58-62H,3-24,26,28-32,34,36-39H2,1-2H3,(H,53,57)/b27-25+,35-33+. The van der Waals surface area contributed by atoms with Gasteiger partial charge in [-0.1, -0.05) is 192 Å². The fourth-order valence-corrected chi connectivity index (χ4v) is 8.78. The van der Waals surface area contributed by atoms with Crippen LogP contribution in [-0.2, 0) is 23.7 Å². The summed E-state index contributed by atoms with van der Waals surface area (Å²) in [6.07, 6.45) is 26.4. The number of rotatable bonds is 41. The number of allylic oxidation sites excluding steroid dienone is 3. The van der Waals surface area contributed by atoms with E-state index in [1.165, 1.54) is 141 Å². The second-order valence-electron chi connectivity index (χ2n) is 19.0. The largest absolute Gasteiger partial charge is 0.394 e. The molecule has 0 aromatic carbocycles. The molecule has 0 aromatic rings. The van der Waals surface area contributed by atoms with E-state index in [4.69, 9.17) is 18.9 Å². The summed E-state index contributed by atoms with van der Waals surface area (Å²) in [4.78, 5) is 13.2. The Hall–Kier alpha value is -1.53. The molecule has 0 saturated carbocycles. The lowest BCUT2D eigenvalue weighted by Crippen LogP contribution is -2.65. The van der Waals surface area contributed by atoms with Gasteiger partial charge in [-0.2, -0.15) is 0 Å². The summed E-state index contributed by atoms with van der Waals surface area (Å²) in [6, 6.07) is -0.926. The third-order valence-corrected chi connectivity index (χ3v) is 13.1. The number of aliphatic hydroxyl groups excluding tert-OH is 8. The van der Waals surface area contributed by atoms with Gasteiger partial charge in [0.05, 0.1) is 32.0 Å². The Morgan fingerprint density at radius 3 is 1.48 bits per heavy atom. The predicted octanol–water partition coefficient (Wildman–Crippen LogP) is 7.33. The van der Waals surface area contributed by atoms with Gasteiger partial charge in [0.2, 0.25) is 5.91 Å². The van der Waals surface area contributed by atoms with Crippen LogP contribution in [0.15, 0.2) is 24.3 Å². The third-order valence-electron chi connectivity index (χ3n) is 13.1. The van der Waals surface area contributed by atoms with Gasteiger partial charge in [0, 0.05) is 6.42 Å². The summed E-state index contributed by atoms with van der Waals surface area (Å²) >= 11 is 0. The number of nitrogens with one attached hydrogen (secondary N) is 1. The molecule has 0 aliphatic carbocycles. The van der Waals surface area contributed by atoms with E-state index in [1.54, 1.807) is 6.08 Å². The van der Waals surface area contributed by atoms with E-state index >= 15 is 0 Å². The van der Waals surface area contributed by atoms with Crippen LogP contribution in [0.1, 0.15) is 206 Å². The van der Waals surface area contributed by atoms with Gasteiger partial charge < -0.3 is 65.1 Å². The van der Waals surface area contributed by atoms with E-state index in [1.807, 2.05) is 6.08 Å². The first kappa shape index (κ1) is 60.6. The van der Waals surface area contributed by atoms with Gasteiger partial charge in [0.1, 0.15) is 48.8 Å². The molecule has 66 heavy (non-hydrogen) atoms. The topological polar surface area (TPSA) is 228 Å². The first-order valence-electron chi connectivity index (χ1n) is 26.6. The van der Waals surface area contributed by atoms with Gasteiger partial charge in [0.15, 0.2) is 12.6 Å². The fourth-order valence-electron chi connectivity index (χ4n) is 8.78. The number of amides is 1. The van der Waals surface area contributed by atoms with Gasteiger partial charge >= 0.3 is 0 Å². The van der Waals surface area contributed by atoms with E-state index < -0.39 is 86.8 Å². The number of hydrogen-bond donors (Lipinski definition) is 9. The molecule has 2 aliphatic rings. The van der Waals surface area contributed by atoms with Gasteiger partial charge in [-0.25, -0.2) is 0 Å². The normalized spacial score (nSPS) is 26.9. The maximum atomic E-state index is 13.2. The maximum Gasteiger partial charge on any atom is 0.220 e. The highest BCUT2D eigenvalue weighted by Gasteiger charge is 2.51. The van der Waals surface area contributed by atoms with Crippen molar-refractivity contribution in [2.75, 3.05) is 19.8 Å². The summed E-state index contributed by atoms with van der Waals surface area (Å²) in [5.41, 5.74) is 0. The first-order chi connectivity index (χ1) is 32.1. The van der Waals surface area contributed by atoms with E-state index in [2.05, 4.69) is 31.3 Å². The molecule has 2 rings (SSSR count). The Balaban J connectivity index is 1.85. The van der Waals surface area contributed by atoms with E-state index in [0.717, 1.165) is 32.1 Å². The molecule has 0 aromatic heterocycles. The molecule has 2 fully saturated rings. The lowest BCUT2D eigenvalue weighted by molar-refractivity contribution is -0.359. The van der Waals surface area contributed by atoms with Crippen LogP contribution in [0.3, 0.4) is 0 Å². The van der Waals surface area contributed by atoms with Crippen LogP contribution < -0.4 is 5.32 Å². The molecule has 2 heterocycles. The maximum absolute atomic E-state index is 13.2. The summed E-state index contributed by atoms with van der Waals surface area (Å²) < 4.78 is 22.7. The fraction of sp³-hybridized carbons (Fsp3) is 0.904. The summed E-state index contributed by atoms with van der Waals surface area (Å²) in [5.74, 6) is -0.248. The van der Waals surface area contributed by atoms with Gasteiger partial charge in [-0.15, -0.1) is 0 Å². The molecule has 0 spiro atoms. The van der Waals surface area contributed by atoms with Crippen molar-refractivity contribution in [3.8, 4) is 0 Å². The molecule has 2 aliphatic heterocycles. The second-order valence-corrected chi connectivity index (χ2v) is 19.0. The molecule has 388 valence electrons. The average Bonchev–Trinajstić information content (AvgIpc) is 3.31. The highest BCUT2D eigenvalue weighted by Crippen LogP contribution is 2.30. The van der Waals surface area contributed by atoms with Crippen molar-refractivity contribution < 1.29 is 64.6 Å². The van der Waals surface area contributed by atoms with Gasteiger partial charge in [0.25, 0.3) is 0 Å². The van der Waals surface area contributed by atoms with Crippen LogP contribution >= 0.6 is 0 Å². The van der Waals surface area contributed by atoms with Crippen molar-refractivity contribution in [2.45, 2.75) is 280 Å². The first-order valence-corrected chi connectivity index (χ1v) is 26.6. The monoisotopic (exact) mass is 944 g/mol. The van der Waals surface area contributed by atoms with Crippen molar-refractivity contribution >= 4 is 5.91 Å². The van der Waals surface area contributed by atoms with Crippen molar-refractivity contribution in [2.24, 2.45) is 0 Å². The van der Waals surface area contributed by atoms with Crippen molar-refractivity contribution in [3.63, 3.8) is 0 Å². The van der Waals surface area contributed by atoms with E-state index in [-0.39, 0.29) is 18.9 Å². The van der Waals surface area contributed by atoms with Crippen molar-refractivity contribution in [1.29, 1.82) is 0 Å². The number of carbonyl (C=O) groups is 1. The Bertz CT molecular complexity index is 1210. The lowest BCUT2D eigenvalue weighted by Gasteiger charge is -2.46. The number of carbonyl (C=O) groups excluding carboxylic acids is 1. The Labute approximate surface area is 398 Å². The lowest BCUT2D eigenvalue weighted by atomic mass is 9.97. The molecule has 2 saturated heterocycles. The molecular weight excluding hydrogens is 847 g/mol. The minimum Gasteiger partial charge on any atom is -0.394 e. The van der Waals surface area contributed by atoms with Gasteiger partial charge in [-0.3, -0.25) is 4.79 Å². The SMILES string of the molecule is CCCCCCCCCCCCCC/C=C/CC/C=C/C(O)C(COC1OC(CO)C(OC2OC(CO)C(O)C(O)C2O)C(O)C1O)NC(=O)CCCCCCCCCCCCCCCC. The zero-order chi connectivity index (χ0) is 48.2. The molecule has 9 N–H and O–H groups in total. The second kappa shape index (κ2) is 39.2. The summed E-state index contributed by atoms with van der Waals surface area (Å²) in [6.45, 7) is 2.77. The molecular formula is C52H97NO13. The van der Waals surface area contributed by atoms with Crippen LogP contribution in [0.5, 0.6) is 0 Å². The number of aliphatic hydroxyl groups is 8. The summed E-state index contributed by atoms with van der Waals surface area (Å²) in [5, 5.41) is 86.8. The quantitative estimate of drug-likeness (QED) is 0.0216. The van der Waals surface area contributed by atoms with Crippen LogP contribution in [-0.4, -0.2) is 140 Å². The van der Waals surface area contributed by atoms with Crippen molar-refractivity contribution in [3.05, 3.63) is 24.3 Å². The highest BCUT2D eigenvalue weighted by molar-refractivity contribution is 5.76. The number of hydrogen-bond acceptors (Lipinski definition) is 13. The van der Waals surface area contributed by atoms with Crippen LogP contribution in [0.4, 0.5) is 0 Å². The minimum atomic E-state index is -1.79. The number of unbranched alkanes of at least 4 members (excludes halogenated alkanes) is 26. The summed E-state index contributed by atoms with van der Waals surface area (Å²) in [7, 11) is 0. The predicted molar refractivity (Wildman–Crippen MR) is 258 cm³/mol. The van der Waals surface area contributed by atoms with Crippen LogP contribution in [0.2, 0.25) is 0 Å². The molecule has 14 nitrogen and oxygen atoms in total. The highest BCUT2D eigenvalue weighted by atomic mass is 16.7. The Kier molecular flexibility index (Phi) is 36.0. The molecule has 12 atom stereocenters. The molecule has 1 amide bonds. The van der Waals surface area contributed by atoms with Crippen LogP contribution in [0.25, 0.3) is 0 Å². The van der Waals surface area contributed by atoms with Crippen LogP contribution in [0, 0.1) is 0 Å². The Morgan fingerprint density at radius 1 is 0.530 bits per heavy atom. The van der Waals surface area contributed by atoms with E-state index in [0.29, 0.717) is 12.8 Å². The van der Waals surface area contributed by atoms with Crippen molar-refractivity contribution in [1.82, 2.24) is 5.32 Å². The zero-order valence-corrected chi connectivity index (χ0v) is 41.2. The molecule has 0 radical (unpaired) electrons. The molecule has 14 heteroatoms. The van der Waals surface area contributed by atoms with Gasteiger partial charge in [-0.05, 0) is 32.1 Å². The number of ether oxygens (including phenoxy) is 4. The minimum absolute atomic E-state index is 0.248. The molecule has 0 bridgehead atoms. The average molecular weight is 944 g/mol. The Morgan fingerprint density at radius 2 is 0.970 bits per heavy atom.